The minimum Gasteiger partial charge on any atom is -0.508 e. The molecule has 1 amide bonds. The van der Waals surface area contributed by atoms with E-state index in [-0.39, 0.29) is 17.2 Å². The highest BCUT2D eigenvalue weighted by molar-refractivity contribution is 8.27. The van der Waals surface area contributed by atoms with Gasteiger partial charge in [0, 0.05) is 0 Å². The van der Waals surface area contributed by atoms with E-state index in [1.807, 2.05) is 0 Å². The number of thioether (sulfide) groups is 1. The molecule has 0 unspecified atom stereocenters. The van der Waals surface area contributed by atoms with Gasteiger partial charge in [-0.3, -0.25) is 9.69 Å². The molecule has 0 saturated carbocycles. The molecule has 1 saturated heterocycles. The predicted molar refractivity (Wildman–Crippen MR) is 102 cm³/mol. The molecule has 1 heterocycles. The van der Waals surface area contributed by atoms with Crippen molar-refractivity contribution in [2.24, 2.45) is 0 Å². The number of thiocarbonyl (C=S) groups is 1. The van der Waals surface area contributed by atoms with Crippen LogP contribution in [0, 0.1) is 6.92 Å². The highest BCUT2D eigenvalue weighted by atomic mass is 32.2. The van der Waals surface area contributed by atoms with Gasteiger partial charge >= 0.3 is 5.97 Å². The van der Waals surface area contributed by atoms with Crippen molar-refractivity contribution in [1.29, 1.82) is 0 Å². The van der Waals surface area contributed by atoms with Crippen LogP contribution in [0.25, 0.3) is 6.08 Å². The Bertz CT molecular complexity index is 936. The van der Waals surface area contributed by atoms with Gasteiger partial charge in [0.15, 0.2) is 4.32 Å². The highest BCUT2D eigenvalue weighted by Crippen LogP contribution is 2.36. The van der Waals surface area contributed by atoms with Gasteiger partial charge in [-0.15, -0.1) is 0 Å². The van der Waals surface area contributed by atoms with Crippen LogP contribution < -0.4 is 4.90 Å². The number of rotatable bonds is 3. The van der Waals surface area contributed by atoms with Crippen LogP contribution in [0.5, 0.6) is 5.75 Å². The first kappa shape index (κ1) is 17.2. The van der Waals surface area contributed by atoms with Crippen molar-refractivity contribution in [1.82, 2.24) is 0 Å². The zero-order valence-corrected chi connectivity index (χ0v) is 14.7. The Morgan fingerprint density at radius 3 is 2.68 bits per heavy atom. The number of carbonyl (C=O) groups excluding carboxylic acids is 1. The fourth-order valence-electron chi connectivity index (χ4n) is 2.44. The lowest BCUT2D eigenvalue weighted by Crippen LogP contribution is -2.27. The summed E-state index contributed by atoms with van der Waals surface area (Å²) in [5, 5.41) is 18.8. The van der Waals surface area contributed by atoms with Crippen molar-refractivity contribution in [3.63, 3.8) is 0 Å². The molecule has 1 aliphatic rings. The standard InChI is InChI=1S/C18H13NO4S2/c1-10-5-6-12(9-14(10)17(22)23)19-16(21)15(25-18(19)24)8-11-3-2-4-13(20)7-11/h2-9,20H,1H3,(H,22,23)/b15-8-. The molecule has 0 spiro atoms. The van der Waals surface area contributed by atoms with Crippen molar-refractivity contribution >= 4 is 51.9 Å². The van der Waals surface area contributed by atoms with E-state index in [9.17, 15) is 19.8 Å². The maximum absolute atomic E-state index is 12.7. The Balaban J connectivity index is 1.97. The quantitative estimate of drug-likeness (QED) is 0.631. The summed E-state index contributed by atoms with van der Waals surface area (Å²) in [7, 11) is 0. The highest BCUT2D eigenvalue weighted by Gasteiger charge is 2.33. The van der Waals surface area contributed by atoms with Crippen molar-refractivity contribution < 1.29 is 19.8 Å². The predicted octanol–water partition coefficient (Wildman–Crippen LogP) is 3.80. The van der Waals surface area contributed by atoms with E-state index in [2.05, 4.69) is 0 Å². The van der Waals surface area contributed by atoms with E-state index >= 15 is 0 Å². The molecule has 0 atom stereocenters. The molecule has 3 rings (SSSR count). The molecule has 126 valence electrons. The Morgan fingerprint density at radius 2 is 2.00 bits per heavy atom. The van der Waals surface area contributed by atoms with Crippen LogP contribution in [0.3, 0.4) is 0 Å². The molecular formula is C18H13NO4S2. The minimum atomic E-state index is -1.06. The first-order valence-electron chi connectivity index (χ1n) is 7.28. The molecule has 2 aromatic carbocycles. The fourth-order valence-corrected chi connectivity index (χ4v) is 3.73. The minimum absolute atomic E-state index is 0.105. The average molecular weight is 371 g/mol. The zero-order chi connectivity index (χ0) is 18.1. The Hall–Kier alpha value is -2.64. The molecule has 0 aliphatic carbocycles. The largest absolute Gasteiger partial charge is 0.508 e. The molecule has 0 aromatic heterocycles. The van der Waals surface area contributed by atoms with E-state index in [4.69, 9.17) is 12.2 Å². The van der Waals surface area contributed by atoms with Gasteiger partial charge in [0.05, 0.1) is 16.2 Å². The molecule has 1 fully saturated rings. The van der Waals surface area contributed by atoms with Gasteiger partial charge in [0.1, 0.15) is 5.75 Å². The normalized spacial score (nSPS) is 15.9. The third-order valence-electron chi connectivity index (χ3n) is 3.67. The number of anilines is 1. The second-order valence-electron chi connectivity index (χ2n) is 5.42. The van der Waals surface area contributed by atoms with Gasteiger partial charge in [-0.25, -0.2) is 4.79 Å². The summed E-state index contributed by atoms with van der Waals surface area (Å²) in [6, 6.07) is 11.3. The maximum atomic E-state index is 12.7. The number of aromatic hydroxyl groups is 1. The third-order valence-corrected chi connectivity index (χ3v) is 4.97. The van der Waals surface area contributed by atoms with E-state index in [1.165, 1.54) is 11.0 Å². The monoisotopic (exact) mass is 371 g/mol. The molecule has 2 aromatic rings. The van der Waals surface area contributed by atoms with Crippen LogP contribution >= 0.6 is 24.0 Å². The van der Waals surface area contributed by atoms with Gasteiger partial charge in [0.25, 0.3) is 5.91 Å². The molecule has 7 heteroatoms. The fraction of sp³-hybridized carbons (Fsp3) is 0.0556. The van der Waals surface area contributed by atoms with Crippen molar-refractivity contribution in [3.8, 4) is 5.75 Å². The van der Waals surface area contributed by atoms with Gasteiger partial charge in [-0.2, -0.15) is 0 Å². The summed E-state index contributed by atoms with van der Waals surface area (Å²) in [6.07, 6.45) is 1.64. The second-order valence-corrected chi connectivity index (χ2v) is 7.09. The number of aryl methyl sites for hydroxylation is 1. The van der Waals surface area contributed by atoms with Crippen LogP contribution in [0.4, 0.5) is 5.69 Å². The van der Waals surface area contributed by atoms with Gasteiger partial charge in [-0.1, -0.05) is 42.2 Å². The van der Waals surface area contributed by atoms with Crippen molar-refractivity contribution in [2.75, 3.05) is 4.90 Å². The average Bonchev–Trinajstić information content (AvgIpc) is 2.82. The SMILES string of the molecule is Cc1ccc(N2C(=O)/C(=C/c3cccc(O)c3)SC2=S)cc1C(=O)O. The first-order valence-corrected chi connectivity index (χ1v) is 8.50. The van der Waals surface area contributed by atoms with Gasteiger partial charge in [-0.05, 0) is 48.4 Å². The van der Waals surface area contributed by atoms with Crippen LogP contribution in [0.15, 0.2) is 47.4 Å². The topological polar surface area (TPSA) is 77.8 Å². The number of carboxylic acid groups (broad SMARTS) is 1. The smallest absolute Gasteiger partial charge is 0.336 e. The number of phenols is 1. The third kappa shape index (κ3) is 3.42. The summed E-state index contributed by atoms with van der Waals surface area (Å²) in [6.45, 7) is 1.69. The van der Waals surface area contributed by atoms with Crippen LogP contribution in [0.1, 0.15) is 21.5 Å². The zero-order valence-electron chi connectivity index (χ0n) is 13.1. The van der Waals surface area contributed by atoms with Crippen molar-refractivity contribution in [3.05, 3.63) is 64.1 Å². The lowest BCUT2D eigenvalue weighted by molar-refractivity contribution is -0.113. The summed E-state index contributed by atoms with van der Waals surface area (Å²) in [5.74, 6) is -1.27. The van der Waals surface area contributed by atoms with E-state index < -0.39 is 5.97 Å². The molecule has 5 nitrogen and oxygen atoms in total. The van der Waals surface area contributed by atoms with Crippen LogP contribution in [-0.4, -0.2) is 26.4 Å². The summed E-state index contributed by atoms with van der Waals surface area (Å²) in [4.78, 5) is 25.8. The number of aromatic carboxylic acids is 1. The maximum Gasteiger partial charge on any atom is 0.336 e. The summed E-state index contributed by atoms with van der Waals surface area (Å²) >= 11 is 6.43. The summed E-state index contributed by atoms with van der Waals surface area (Å²) in [5.41, 5.74) is 1.83. The lowest BCUT2D eigenvalue weighted by Gasteiger charge is -2.15. The molecule has 25 heavy (non-hydrogen) atoms. The number of amides is 1. The molecule has 0 radical (unpaired) electrons. The number of benzene rings is 2. The lowest BCUT2D eigenvalue weighted by atomic mass is 10.1. The van der Waals surface area contributed by atoms with E-state index in [1.54, 1.807) is 49.4 Å². The number of nitrogens with zero attached hydrogens (tertiary/aromatic N) is 1. The number of carboxylic acids is 1. The van der Waals surface area contributed by atoms with Crippen molar-refractivity contribution in [2.45, 2.75) is 6.92 Å². The first-order chi connectivity index (χ1) is 11.9. The molecular weight excluding hydrogens is 358 g/mol. The van der Waals surface area contributed by atoms with Crippen LogP contribution in [-0.2, 0) is 4.79 Å². The Labute approximate surface area is 153 Å². The number of phenolic OH excluding ortho intramolecular Hbond substituents is 1. The number of carbonyl (C=O) groups is 2. The Kier molecular flexibility index (Phi) is 4.61. The Morgan fingerprint density at radius 1 is 1.24 bits per heavy atom. The van der Waals surface area contributed by atoms with E-state index in [0.717, 1.165) is 11.8 Å². The molecule has 2 N–H and O–H groups in total. The number of hydrogen-bond acceptors (Lipinski definition) is 5. The second kappa shape index (κ2) is 6.70. The van der Waals surface area contributed by atoms with Gasteiger partial charge in [0.2, 0.25) is 0 Å². The summed E-state index contributed by atoms with van der Waals surface area (Å²) < 4.78 is 0.330. The van der Waals surface area contributed by atoms with E-state index in [0.29, 0.717) is 26.0 Å². The number of hydrogen-bond donors (Lipinski definition) is 2. The van der Waals surface area contributed by atoms with Gasteiger partial charge < -0.3 is 10.2 Å². The van der Waals surface area contributed by atoms with Crippen LogP contribution in [0.2, 0.25) is 0 Å². The molecule has 1 aliphatic heterocycles. The molecule has 0 bridgehead atoms.